The van der Waals surface area contributed by atoms with E-state index < -0.39 is 0 Å². The first-order chi connectivity index (χ1) is 12.7. The molecule has 2 heterocycles. The Hall–Kier alpha value is -2.18. The van der Waals surface area contributed by atoms with Crippen LogP contribution in [0.3, 0.4) is 0 Å². The quantitative estimate of drug-likeness (QED) is 0.881. The largest absolute Gasteiger partial charge is 0.375 e. The number of aromatic nitrogens is 2. The van der Waals surface area contributed by atoms with E-state index in [1.165, 1.54) is 0 Å². The molecule has 4 rings (SSSR count). The van der Waals surface area contributed by atoms with Crippen molar-refractivity contribution in [3.63, 3.8) is 0 Å². The highest BCUT2D eigenvalue weighted by Crippen LogP contribution is 2.28. The van der Waals surface area contributed by atoms with Crippen LogP contribution in [-0.4, -0.2) is 40.8 Å². The van der Waals surface area contributed by atoms with Crippen molar-refractivity contribution in [2.24, 2.45) is 5.92 Å². The van der Waals surface area contributed by atoms with Crippen LogP contribution in [0.15, 0.2) is 36.7 Å². The standard InChI is InChI=1S/C20H26N4O2/c1-14-21-8-10-24(14)18-5-3-2-4-16(18)13-23-20(25)15-6-7-19-17(12-15)22-9-11-26-19/h2-5,8,10,15,17,19,22H,6-7,9,11-13H2,1H3,(H,23,25)/t15-,17+,19+/m0/s1. The Bertz CT molecular complexity index is 773. The van der Waals surface area contributed by atoms with Gasteiger partial charge in [-0.1, -0.05) is 18.2 Å². The van der Waals surface area contributed by atoms with E-state index >= 15 is 0 Å². The molecule has 26 heavy (non-hydrogen) atoms. The number of rotatable bonds is 4. The van der Waals surface area contributed by atoms with Gasteiger partial charge in [0.2, 0.25) is 5.91 Å². The van der Waals surface area contributed by atoms with Crippen molar-refractivity contribution in [2.45, 2.75) is 44.9 Å². The van der Waals surface area contributed by atoms with E-state index in [0.717, 1.165) is 49.5 Å². The van der Waals surface area contributed by atoms with Gasteiger partial charge in [0, 0.05) is 37.4 Å². The minimum absolute atomic E-state index is 0.0626. The van der Waals surface area contributed by atoms with Crippen molar-refractivity contribution in [3.05, 3.63) is 48.0 Å². The highest BCUT2D eigenvalue weighted by Gasteiger charge is 2.35. The van der Waals surface area contributed by atoms with Gasteiger partial charge in [-0.25, -0.2) is 4.98 Å². The second-order valence-corrected chi connectivity index (χ2v) is 7.17. The fraction of sp³-hybridized carbons (Fsp3) is 0.500. The van der Waals surface area contributed by atoms with Gasteiger partial charge in [0.15, 0.2) is 0 Å². The van der Waals surface area contributed by atoms with Gasteiger partial charge in [0.05, 0.1) is 18.4 Å². The first-order valence-corrected chi connectivity index (χ1v) is 9.43. The number of hydrogen-bond acceptors (Lipinski definition) is 4. The molecule has 6 heteroatoms. The summed E-state index contributed by atoms with van der Waals surface area (Å²) in [7, 11) is 0. The number of imidazole rings is 1. The molecule has 0 radical (unpaired) electrons. The number of fused-ring (bicyclic) bond motifs is 1. The summed E-state index contributed by atoms with van der Waals surface area (Å²) in [6, 6.07) is 8.45. The summed E-state index contributed by atoms with van der Waals surface area (Å²) in [6.45, 7) is 4.17. The van der Waals surface area contributed by atoms with Crippen LogP contribution in [0.4, 0.5) is 0 Å². The van der Waals surface area contributed by atoms with E-state index in [9.17, 15) is 4.79 Å². The summed E-state index contributed by atoms with van der Waals surface area (Å²) in [5.41, 5.74) is 2.16. The van der Waals surface area contributed by atoms with Crippen LogP contribution in [0.1, 0.15) is 30.7 Å². The summed E-state index contributed by atoms with van der Waals surface area (Å²) >= 11 is 0. The number of morpholine rings is 1. The Balaban J connectivity index is 1.40. The molecule has 1 aromatic carbocycles. The molecule has 1 saturated carbocycles. The SMILES string of the molecule is Cc1nccn1-c1ccccc1CNC(=O)[C@H]1CC[C@H]2OCCN[C@@H]2C1. The van der Waals surface area contributed by atoms with Crippen LogP contribution in [0, 0.1) is 12.8 Å². The minimum atomic E-state index is 0.0626. The summed E-state index contributed by atoms with van der Waals surface area (Å²) in [5, 5.41) is 6.64. The minimum Gasteiger partial charge on any atom is -0.375 e. The van der Waals surface area contributed by atoms with E-state index in [4.69, 9.17) is 4.74 Å². The molecule has 2 fully saturated rings. The van der Waals surface area contributed by atoms with Crippen LogP contribution >= 0.6 is 0 Å². The molecule has 138 valence electrons. The van der Waals surface area contributed by atoms with E-state index in [0.29, 0.717) is 12.6 Å². The van der Waals surface area contributed by atoms with Gasteiger partial charge < -0.3 is 19.9 Å². The average Bonchev–Trinajstić information content (AvgIpc) is 3.11. The maximum absolute atomic E-state index is 12.7. The lowest BCUT2D eigenvalue weighted by molar-refractivity contribution is -0.128. The topological polar surface area (TPSA) is 68.2 Å². The molecule has 0 spiro atoms. The normalized spacial score (nSPS) is 25.5. The number of nitrogens with zero attached hydrogens (tertiary/aromatic N) is 2. The van der Waals surface area contributed by atoms with Gasteiger partial charge in [0.1, 0.15) is 5.82 Å². The van der Waals surface area contributed by atoms with Crippen LogP contribution in [-0.2, 0) is 16.1 Å². The number of carbonyl (C=O) groups is 1. The monoisotopic (exact) mass is 354 g/mol. The molecule has 1 aromatic heterocycles. The van der Waals surface area contributed by atoms with Crippen LogP contribution in [0.2, 0.25) is 0 Å². The highest BCUT2D eigenvalue weighted by atomic mass is 16.5. The fourth-order valence-corrected chi connectivity index (χ4v) is 4.10. The van der Waals surface area contributed by atoms with Gasteiger partial charge in [-0.15, -0.1) is 0 Å². The maximum Gasteiger partial charge on any atom is 0.223 e. The lowest BCUT2D eigenvalue weighted by Gasteiger charge is -2.39. The van der Waals surface area contributed by atoms with Gasteiger partial charge in [-0.3, -0.25) is 4.79 Å². The number of benzene rings is 1. The third kappa shape index (κ3) is 3.52. The Kier molecular flexibility index (Phi) is 5.04. The molecule has 2 N–H and O–H groups in total. The first kappa shape index (κ1) is 17.2. The maximum atomic E-state index is 12.7. The number of hydrogen-bond donors (Lipinski definition) is 2. The van der Waals surface area contributed by atoms with Crippen molar-refractivity contribution in [2.75, 3.05) is 13.2 Å². The van der Waals surface area contributed by atoms with Gasteiger partial charge in [-0.2, -0.15) is 0 Å². The average molecular weight is 354 g/mol. The first-order valence-electron chi connectivity index (χ1n) is 9.43. The number of ether oxygens (including phenoxy) is 1. The van der Waals surface area contributed by atoms with Gasteiger partial charge >= 0.3 is 0 Å². The summed E-state index contributed by atoms with van der Waals surface area (Å²) in [5.74, 6) is 1.14. The molecule has 6 nitrogen and oxygen atoms in total. The smallest absolute Gasteiger partial charge is 0.223 e. The van der Waals surface area contributed by atoms with Gasteiger partial charge in [-0.05, 0) is 37.8 Å². The Morgan fingerprint density at radius 3 is 3.12 bits per heavy atom. The molecule has 1 aliphatic carbocycles. The molecule has 2 aromatic rings. The third-order valence-electron chi connectivity index (χ3n) is 5.53. The second-order valence-electron chi connectivity index (χ2n) is 7.17. The zero-order valence-corrected chi connectivity index (χ0v) is 15.1. The molecule has 0 bridgehead atoms. The van der Waals surface area contributed by atoms with Crippen LogP contribution in [0.25, 0.3) is 5.69 Å². The zero-order chi connectivity index (χ0) is 17.9. The predicted octanol–water partition coefficient (Wildman–Crippen LogP) is 1.95. The number of amides is 1. The molecule has 2 aliphatic rings. The van der Waals surface area contributed by atoms with E-state index in [-0.39, 0.29) is 17.9 Å². The van der Waals surface area contributed by atoms with Crippen LogP contribution < -0.4 is 10.6 Å². The van der Waals surface area contributed by atoms with E-state index in [1.807, 2.05) is 25.3 Å². The summed E-state index contributed by atoms with van der Waals surface area (Å²) in [4.78, 5) is 17.0. The Morgan fingerprint density at radius 2 is 2.27 bits per heavy atom. The number of nitrogens with one attached hydrogen (secondary N) is 2. The lowest BCUT2D eigenvalue weighted by Crippen LogP contribution is -2.53. The highest BCUT2D eigenvalue weighted by molar-refractivity contribution is 5.79. The molecular weight excluding hydrogens is 328 g/mol. The molecule has 0 unspecified atom stereocenters. The van der Waals surface area contributed by atoms with Crippen molar-refractivity contribution in [3.8, 4) is 5.69 Å². The molecule has 1 aliphatic heterocycles. The van der Waals surface area contributed by atoms with Crippen molar-refractivity contribution < 1.29 is 9.53 Å². The third-order valence-corrected chi connectivity index (χ3v) is 5.53. The lowest BCUT2D eigenvalue weighted by atomic mass is 9.82. The van der Waals surface area contributed by atoms with Crippen molar-refractivity contribution in [1.82, 2.24) is 20.2 Å². The Labute approximate surface area is 154 Å². The molecule has 1 amide bonds. The van der Waals surface area contributed by atoms with Gasteiger partial charge in [0.25, 0.3) is 0 Å². The van der Waals surface area contributed by atoms with Crippen molar-refractivity contribution in [1.29, 1.82) is 0 Å². The van der Waals surface area contributed by atoms with E-state index in [1.54, 1.807) is 6.20 Å². The number of carbonyl (C=O) groups excluding carboxylic acids is 1. The Morgan fingerprint density at radius 1 is 1.38 bits per heavy atom. The molecule has 3 atom stereocenters. The molecular formula is C20H26N4O2. The van der Waals surface area contributed by atoms with Crippen LogP contribution in [0.5, 0.6) is 0 Å². The predicted molar refractivity (Wildman–Crippen MR) is 99.0 cm³/mol. The number of aryl methyl sites for hydroxylation is 1. The van der Waals surface area contributed by atoms with Crippen molar-refractivity contribution >= 4 is 5.91 Å². The summed E-state index contributed by atoms with van der Waals surface area (Å²) < 4.78 is 7.86. The zero-order valence-electron chi connectivity index (χ0n) is 15.1. The number of para-hydroxylation sites is 1. The second kappa shape index (κ2) is 7.60. The fourth-order valence-electron chi connectivity index (χ4n) is 4.10. The van der Waals surface area contributed by atoms with E-state index in [2.05, 4.69) is 32.3 Å². The molecule has 1 saturated heterocycles. The summed E-state index contributed by atoms with van der Waals surface area (Å²) in [6.07, 6.45) is 6.74.